The number of carbonyl (C=O) groups excluding carboxylic acids is 1. The monoisotopic (exact) mass is 379 g/mol. The van der Waals surface area contributed by atoms with Crippen LogP contribution in [0.25, 0.3) is 0 Å². The second-order valence-electron chi connectivity index (χ2n) is 7.64. The van der Waals surface area contributed by atoms with E-state index in [0.29, 0.717) is 5.69 Å². The third-order valence-corrected chi connectivity index (χ3v) is 6.97. The predicted octanol–water partition coefficient (Wildman–Crippen LogP) is 2.72. The van der Waals surface area contributed by atoms with Gasteiger partial charge in [-0.2, -0.15) is 0 Å². The molecule has 2 N–H and O–H groups in total. The van der Waals surface area contributed by atoms with E-state index < -0.39 is 10.0 Å². The highest BCUT2D eigenvalue weighted by atomic mass is 32.2. The van der Waals surface area contributed by atoms with Gasteiger partial charge in [-0.1, -0.05) is 19.3 Å². The maximum atomic E-state index is 13.0. The number of hydrogen-bond donors (Lipinski definition) is 2. The van der Waals surface area contributed by atoms with E-state index in [0.717, 1.165) is 45.3 Å². The van der Waals surface area contributed by atoms with Crippen molar-refractivity contribution in [3.63, 3.8) is 0 Å². The minimum absolute atomic E-state index is 0.175. The summed E-state index contributed by atoms with van der Waals surface area (Å²) in [6, 6.07) is 6.37. The molecule has 1 saturated carbocycles. The van der Waals surface area contributed by atoms with Gasteiger partial charge in [0.05, 0.1) is 4.90 Å². The van der Waals surface area contributed by atoms with Crippen molar-refractivity contribution in [1.82, 2.24) is 9.62 Å². The van der Waals surface area contributed by atoms with Crippen LogP contribution in [-0.4, -0.2) is 44.4 Å². The van der Waals surface area contributed by atoms with Gasteiger partial charge >= 0.3 is 0 Å². The van der Waals surface area contributed by atoms with Gasteiger partial charge < -0.3 is 10.2 Å². The number of benzene rings is 1. The summed E-state index contributed by atoms with van der Waals surface area (Å²) in [6.45, 7) is 4.36. The van der Waals surface area contributed by atoms with Crippen LogP contribution in [-0.2, 0) is 14.8 Å². The summed E-state index contributed by atoms with van der Waals surface area (Å²) in [7, 11) is -3.59. The second kappa shape index (κ2) is 8.06. The van der Waals surface area contributed by atoms with Gasteiger partial charge in [0.2, 0.25) is 15.9 Å². The molecule has 1 aliphatic heterocycles. The molecule has 1 heterocycles. The fourth-order valence-corrected chi connectivity index (χ4v) is 5.61. The van der Waals surface area contributed by atoms with E-state index in [2.05, 4.69) is 14.9 Å². The van der Waals surface area contributed by atoms with Crippen molar-refractivity contribution < 1.29 is 13.2 Å². The van der Waals surface area contributed by atoms with Gasteiger partial charge in [-0.15, -0.1) is 0 Å². The highest BCUT2D eigenvalue weighted by Gasteiger charge is 2.38. The van der Waals surface area contributed by atoms with Gasteiger partial charge in [0, 0.05) is 24.7 Å². The maximum absolute atomic E-state index is 13.0. The second-order valence-corrected chi connectivity index (χ2v) is 9.32. The van der Waals surface area contributed by atoms with Gasteiger partial charge in [-0.25, -0.2) is 13.1 Å². The maximum Gasteiger partial charge on any atom is 0.241 e. The fourth-order valence-electron chi connectivity index (χ4n) is 4.15. The van der Waals surface area contributed by atoms with Crippen LogP contribution in [0.4, 0.5) is 5.69 Å². The SMILES string of the molecule is CC(=O)Nc1ccc(S(=O)(=O)NC2(CN3CCCC3)CCCCC2)cc1. The number of nitrogens with one attached hydrogen (secondary N) is 2. The molecule has 7 heteroatoms. The lowest BCUT2D eigenvalue weighted by atomic mass is 9.82. The Bertz CT molecular complexity index is 719. The Morgan fingerprint density at radius 2 is 1.65 bits per heavy atom. The lowest BCUT2D eigenvalue weighted by molar-refractivity contribution is -0.114. The van der Waals surface area contributed by atoms with E-state index in [1.54, 1.807) is 24.3 Å². The molecule has 144 valence electrons. The number of amides is 1. The summed E-state index contributed by atoms with van der Waals surface area (Å²) in [5.41, 5.74) is 0.235. The number of rotatable bonds is 6. The number of hydrogen-bond acceptors (Lipinski definition) is 4. The number of carbonyl (C=O) groups is 1. The van der Waals surface area contributed by atoms with Crippen LogP contribution in [0, 0.1) is 0 Å². The van der Waals surface area contributed by atoms with Gasteiger partial charge in [0.15, 0.2) is 0 Å². The van der Waals surface area contributed by atoms with Crippen LogP contribution in [0.15, 0.2) is 29.2 Å². The van der Waals surface area contributed by atoms with Gasteiger partial charge in [0.1, 0.15) is 0 Å². The van der Waals surface area contributed by atoms with Crippen molar-refractivity contribution in [3.8, 4) is 0 Å². The van der Waals surface area contributed by atoms with E-state index in [1.807, 2.05) is 0 Å². The van der Waals surface area contributed by atoms with Gasteiger partial charge in [0.25, 0.3) is 0 Å². The lowest BCUT2D eigenvalue weighted by Gasteiger charge is -2.40. The Morgan fingerprint density at radius 3 is 2.23 bits per heavy atom. The van der Waals surface area contributed by atoms with Crippen LogP contribution in [0.1, 0.15) is 51.9 Å². The Balaban J connectivity index is 1.76. The Morgan fingerprint density at radius 1 is 1.04 bits per heavy atom. The van der Waals surface area contributed by atoms with Crippen molar-refractivity contribution in [2.45, 2.75) is 62.3 Å². The number of nitrogens with zero attached hydrogens (tertiary/aromatic N) is 1. The molecule has 0 unspecified atom stereocenters. The van der Waals surface area contributed by atoms with Crippen LogP contribution in [0.3, 0.4) is 0 Å². The van der Waals surface area contributed by atoms with E-state index in [1.165, 1.54) is 26.2 Å². The first kappa shape index (κ1) is 19.3. The average molecular weight is 380 g/mol. The summed E-state index contributed by atoms with van der Waals surface area (Å²) in [5, 5.41) is 2.66. The highest BCUT2D eigenvalue weighted by molar-refractivity contribution is 7.89. The Kier molecular flexibility index (Phi) is 5.99. The normalized spacial score (nSPS) is 20.8. The minimum atomic E-state index is -3.59. The predicted molar refractivity (Wildman–Crippen MR) is 103 cm³/mol. The van der Waals surface area contributed by atoms with E-state index in [9.17, 15) is 13.2 Å². The molecule has 1 aromatic carbocycles. The van der Waals surface area contributed by atoms with E-state index in [4.69, 9.17) is 0 Å². The first-order valence-electron chi connectivity index (χ1n) is 9.53. The van der Waals surface area contributed by atoms with Crippen molar-refractivity contribution in [2.75, 3.05) is 25.0 Å². The molecule has 1 saturated heterocycles. The third kappa shape index (κ3) is 4.84. The zero-order chi connectivity index (χ0) is 18.6. The molecule has 1 aliphatic carbocycles. The summed E-state index contributed by atoms with van der Waals surface area (Å²) in [5.74, 6) is -0.175. The number of likely N-dealkylation sites (tertiary alicyclic amines) is 1. The molecule has 26 heavy (non-hydrogen) atoms. The summed E-state index contributed by atoms with van der Waals surface area (Å²) < 4.78 is 29.0. The largest absolute Gasteiger partial charge is 0.326 e. The molecular weight excluding hydrogens is 350 g/mol. The topological polar surface area (TPSA) is 78.5 Å². The first-order chi connectivity index (χ1) is 12.4. The van der Waals surface area contributed by atoms with Crippen molar-refractivity contribution in [1.29, 1.82) is 0 Å². The zero-order valence-electron chi connectivity index (χ0n) is 15.5. The van der Waals surface area contributed by atoms with Gasteiger partial charge in [-0.05, 0) is 63.0 Å². The van der Waals surface area contributed by atoms with Crippen LogP contribution in [0.2, 0.25) is 0 Å². The van der Waals surface area contributed by atoms with E-state index in [-0.39, 0.29) is 16.3 Å². The Labute approximate surface area is 156 Å². The molecule has 0 radical (unpaired) electrons. The minimum Gasteiger partial charge on any atom is -0.326 e. The van der Waals surface area contributed by atoms with Crippen molar-refractivity contribution >= 4 is 21.6 Å². The standard InChI is InChI=1S/C19H29N3O3S/c1-16(23)20-17-7-9-18(10-8-17)26(24,25)21-19(11-3-2-4-12-19)15-22-13-5-6-14-22/h7-10,21H,2-6,11-15H2,1H3,(H,20,23). The molecule has 0 atom stereocenters. The molecule has 1 amide bonds. The first-order valence-corrected chi connectivity index (χ1v) is 11.0. The van der Waals surface area contributed by atoms with Crippen LogP contribution >= 0.6 is 0 Å². The molecule has 2 fully saturated rings. The lowest BCUT2D eigenvalue weighted by Crippen LogP contribution is -2.56. The molecule has 0 spiro atoms. The molecule has 0 bridgehead atoms. The quantitative estimate of drug-likeness (QED) is 0.797. The molecule has 0 aromatic heterocycles. The van der Waals surface area contributed by atoms with E-state index >= 15 is 0 Å². The smallest absolute Gasteiger partial charge is 0.241 e. The van der Waals surface area contributed by atoms with Gasteiger partial charge in [-0.3, -0.25) is 4.79 Å². The highest BCUT2D eigenvalue weighted by Crippen LogP contribution is 2.32. The zero-order valence-corrected chi connectivity index (χ0v) is 16.3. The summed E-state index contributed by atoms with van der Waals surface area (Å²) in [6.07, 6.45) is 7.50. The van der Waals surface area contributed by atoms with Crippen LogP contribution in [0.5, 0.6) is 0 Å². The molecule has 6 nitrogen and oxygen atoms in total. The third-order valence-electron chi connectivity index (χ3n) is 5.37. The summed E-state index contributed by atoms with van der Waals surface area (Å²) >= 11 is 0. The summed E-state index contributed by atoms with van der Waals surface area (Å²) in [4.78, 5) is 13.8. The number of sulfonamides is 1. The molecular formula is C19H29N3O3S. The number of anilines is 1. The fraction of sp³-hybridized carbons (Fsp3) is 0.632. The Hall–Kier alpha value is -1.44. The van der Waals surface area contributed by atoms with Crippen LogP contribution < -0.4 is 10.0 Å². The average Bonchev–Trinajstić information content (AvgIpc) is 3.07. The van der Waals surface area contributed by atoms with Crippen molar-refractivity contribution in [3.05, 3.63) is 24.3 Å². The molecule has 3 rings (SSSR count). The molecule has 1 aromatic rings. The molecule has 2 aliphatic rings. The van der Waals surface area contributed by atoms with Crippen molar-refractivity contribution in [2.24, 2.45) is 0 Å².